The van der Waals surface area contributed by atoms with Crippen LogP contribution in [0.25, 0.3) is 0 Å². The van der Waals surface area contributed by atoms with Gasteiger partial charge in [-0.3, -0.25) is 4.99 Å². The van der Waals surface area contributed by atoms with Crippen LogP contribution in [0.4, 0.5) is 0 Å². The molecule has 0 aromatic heterocycles. The smallest absolute Gasteiger partial charge is 0.189 e. The Balaban J connectivity index is 1.89. The van der Waals surface area contributed by atoms with Crippen LogP contribution in [0.3, 0.4) is 0 Å². The summed E-state index contributed by atoms with van der Waals surface area (Å²) >= 11 is 0. The van der Waals surface area contributed by atoms with Gasteiger partial charge < -0.3 is 10.2 Å². The van der Waals surface area contributed by atoms with Crippen LogP contribution in [-0.4, -0.2) is 30.7 Å². The number of nitrogens with one attached hydrogen (secondary N) is 1. The molecule has 1 unspecified atom stereocenters. The van der Waals surface area contributed by atoms with Gasteiger partial charge in [0.25, 0.3) is 0 Å². The number of aliphatic imine (C=N–C) groups is 1. The third-order valence-electron chi connectivity index (χ3n) is 1.56. The molecule has 0 aromatic carbocycles. The first kappa shape index (κ1) is 5.73. The van der Waals surface area contributed by atoms with Gasteiger partial charge in [-0.2, -0.15) is 5.01 Å². The fourth-order valence-corrected chi connectivity index (χ4v) is 1.03. The fourth-order valence-electron chi connectivity index (χ4n) is 1.03. The number of hydrogen-bond acceptors (Lipinski definition) is 4. The molecular formula is C6H9N3O. The molecule has 2 heterocycles. The molecule has 0 saturated carbocycles. The zero-order valence-electron chi connectivity index (χ0n) is 5.53. The number of hydrogen-bond donors (Lipinski definition) is 1. The maximum absolute atomic E-state index is 5.17. The first-order valence-corrected chi connectivity index (χ1v) is 3.28. The minimum absolute atomic E-state index is 0.0926. The van der Waals surface area contributed by atoms with Crippen molar-refractivity contribution in [1.82, 2.24) is 10.4 Å². The zero-order chi connectivity index (χ0) is 6.81. The van der Waals surface area contributed by atoms with Gasteiger partial charge in [-0.05, 0) is 0 Å². The Kier molecular flexibility index (Phi) is 1.32. The summed E-state index contributed by atoms with van der Waals surface area (Å²) in [6.45, 7) is 1.63. The van der Waals surface area contributed by atoms with Crippen molar-refractivity contribution in [3.05, 3.63) is 12.3 Å². The lowest BCUT2D eigenvalue weighted by atomic mass is 10.5. The van der Waals surface area contributed by atoms with Crippen molar-refractivity contribution in [3.8, 4) is 0 Å². The lowest BCUT2D eigenvalue weighted by Gasteiger charge is -2.21. The normalized spacial score (nSPS) is 30.6. The first-order valence-electron chi connectivity index (χ1n) is 3.28. The van der Waals surface area contributed by atoms with Crippen LogP contribution in [0.15, 0.2) is 17.3 Å². The second-order valence-corrected chi connectivity index (χ2v) is 2.25. The van der Waals surface area contributed by atoms with Gasteiger partial charge in [0, 0.05) is 12.7 Å². The molecule has 4 nitrogen and oxygen atoms in total. The molecule has 2 aliphatic rings. The Morgan fingerprint density at radius 2 is 2.70 bits per heavy atom. The summed E-state index contributed by atoms with van der Waals surface area (Å²) in [7, 11) is 0. The summed E-state index contributed by atoms with van der Waals surface area (Å²) in [5.74, 6) is 0. The molecule has 4 heteroatoms. The summed E-state index contributed by atoms with van der Waals surface area (Å²) in [5.41, 5.74) is 3.05. The Morgan fingerprint density at radius 1 is 1.70 bits per heavy atom. The van der Waals surface area contributed by atoms with Crippen LogP contribution >= 0.6 is 0 Å². The van der Waals surface area contributed by atoms with E-state index in [4.69, 9.17) is 4.74 Å². The Labute approximate surface area is 59.2 Å². The number of ether oxygens (including phenoxy) is 1. The molecule has 0 aromatic rings. The fraction of sp³-hybridized carbons (Fsp3) is 0.500. The second kappa shape index (κ2) is 2.30. The highest BCUT2D eigenvalue weighted by Crippen LogP contribution is 2.05. The van der Waals surface area contributed by atoms with E-state index in [1.54, 1.807) is 0 Å². The van der Waals surface area contributed by atoms with Crippen molar-refractivity contribution in [2.75, 3.05) is 13.1 Å². The highest BCUT2D eigenvalue weighted by molar-refractivity contribution is 5.48. The number of hydrazine groups is 1. The van der Waals surface area contributed by atoms with Gasteiger partial charge in [-0.25, -0.2) is 0 Å². The van der Waals surface area contributed by atoms with Gasteiger partial charge in [0.2, 0.25) is 0 Å². The van der Waals surface area contributed by atoms with E-state index in [2.05, 4.69) is 10.4 Å². The Hall–Kier alpha value is -1.03. The molecule has 1 atom stereocenters. The molecule has 10 heavy (non-hydrogen) atoms. The zero-order valence-corrected chi connectivity index (χ0v) is 5.53. The van der Waals surface area contributed by atoms with Gasteiger partial charge in [-0.1, -0.05) is 6.08 Å². The SMILES string of the molecule is C1=CNN(C2CN=CO2)C1. The summed E-state index contributed by atoms with van der Waals surface area (Å²) in [5, 5.41) is 1.99. The van der Waals surface area contributed by atoms with Gasteiger partial charge in [0.15, 0.2) is 12.6 Å². The average Bonchev–Trinajstić information content (AvgIpc) is 2.59. The lowest BCUT2D eigenvalue weighted by Crippen LogP contribution is -2.41. The van der Waals surface area contributed by atoms with Gasteiger partial charge in [0.05, 0.1) is 6.54 Å². The van der Waals surface area contributed by atoms with Crippen molar-refractivity contribution in [2.45, 2.75) is 6.23 Å². The third kappa shape index (κ3) is 0.863. The molecule has 0 fully saturated rings. The lowest BCUT2D eigenvalue weighted by molar-refractivity contribution is 0.0323. The van der Waals surface area contributed by atoms with Crippen molar-refractivity contribution < 1.29 is 4.74 Å². The summed E-state index contributed by atoms with van der Waals surface area (Å²) in [6.07, 6.45) is 5.54. The topological polar surface area (TPSA) is 36.9 Å². The number of nitrogens with zero attached hydrogens (tertiary/aromatic N) is 2. The van der Waals surface area contributed by atoms with Crippen molar-refractivity contribution in [3.63, 3.8) is 0 Å². The highest BCUT2D eigenvalue weighted by atomic mass is 16.5. The number of rotatable bonds is 1. The summed E-state index contributed by atoms with van der Waals surface area (Å²) in [4.78, 5) is 3.95. The van der Waals surface area contributed by atoms with E-state index in [-0.39, 0.29) is 6.23 Å². The van der Waals surface area contributed by atoms with Crippen molar-refractivity contribution >= 4 is 6.40 Å². The largest absolute Gasteiger partial charge is 0.461 e. The molecule has 0 aliphatic carbocycles. The van der Waals surface area contributed by atoms with Gasteiger partial charge in [-0.15, -0.1) is 0 Å². The van der Waals surface area contributed by atoms with Crippen LogP contribution in [0.1, 0.15) is 0 Å². The molecule has 2 aliphatic heterocycles. The monoisotopic (exact) mass is 139 g/mol. The quantitative estimate of drug-likeness (QED) is 0.542. The molecule has 54 valence electrons. The minimum Gasteiger partial charge on any atom is -0.461 e. The minimum atomic E-state index is 0.0926. The molecule has 0 saturated heterocycles. The van der Waals surface area contributed by atoms with Gasteiger partial charge in [0.1, 0.15) is 0 Å². The maximum Gasteiger partial charge on any atom is 0.189 e. The van der Waals surface area contributed by atoms with E-state index in [9.17, 15) is 0 Å². The molecular weight excluding hydrogens is 130 g/mol. The van der Waals surface area contributed by atoms with E-state index in [1.807, 2.05) is 17.3 Å². The predicted octanol–water partition coefficient (Wildman–Crippen LogP) is -0.295. The van der Waals surface area contributed by atoms with Crippen LogP contribution in [0, 0.1) is 0 Å². The van der Waals surface area contributed by atoms with Crippen LogP contribution in [0.2, 0.25) is 0 Å². The van der Waals surface area contributed by atoms with Crippen LogP contribution < -0.4 is 5.43 Å². The summed E-state index contributed by atoms with van der Waals surface area (Å²) in [6, 6.07) is 0. The Morgan fingerprint density at radius 3 is 3.30 bits per heavy atom. The van der Waals surface area contributed by atoms with Gasteiger partial charge >= 0.3 is 0 Å². The third-order valence-corrected chi connectivity index (χ3v) is 1.56. The van der Waals surface area contributed by atoms with E-state index < -0.39 is 0 Å². The van der Waals surface area contributed by atoms with Crippen LogP contribution in [-0.2, 0) is 4.74 Å². The second-order valence-electron chi connectivity index (χ2n) is 2.25. The first-order chi connectivity index (χ1) is 4.97. The predicted molar refractivity (Wildman–Crippen MR) is 37.2 cm³/mol. The Bertz CT molecular complexity index is 142. The van der Waals surface area contributed by atoms with E-state index in [0.29, 0.717) is 0 Å². The molecule has 0 amide bonds. The van der Waals surface area contributed by atoms with Crippen molar-refractivity contribution in [2.24, 2.45) is 4.99 Å². The van der Waals surface area contributed by atoms with E-state index >= 15 is 0 Å². The molecule has 0 radical (unpaired) electrons. The summed E-state index contributed by atoms with van der Waals surface area (Å²) < 4.78 is 5.17. The van der Waals surface area contributed by atoms with E-state index in [0.717, 1.165) is 13.1 Å². The molecule has 0 bridgehead atoms. The van der Waals surface area contributed by atoms with Crippen molar-refractivity contribution in [1.29, 1.82) is 0 Å². The van der Waals surface area contributed by atoms with Crippen LogP contribution in [0.5, 0.6) is 0 Å². The molecule has 0 spiro atoms. The van der Waals surface area contributed by atoms with E-state index in [1.165, 1.54) is 6.40 Å². The highest BCUT2D eigenvalue weighted by Gasteiger charge is 2.21. The average molecular weight is 139 g/mol. The molecule has 1 N–H and O–H groups in total. The maximum atomic E-state index is 5.17. The standard InChI is InChI=1S/C6H9N3O/c1-2-8-9(3-1)6-4-7-5-10-6/h1-2,5-6,8H,3-4H2. The molecule has 2 rings (SSSR count).